The van der Waals surface area contributed by atoms with Crippen molar-refractivity contribution in [1.82, 2.24) is 9.88 Å². The second-order valence-electron chi connectivity index (χ2n) is 6.43. The van der Waals surface area contributed by atoms with Crippen LogP contribution >= 0.6 is 0 Å². The minimum Gasteiger partial charge on any atom is -0.490 e. The second kappa shape index (κ2) is 10.6. The molecule has 0 radical (unpaired) electrons. The number of carbonyl (C=O) groups is 3. The lowest BCUT2D eigenvalue weighted by molar-refractivity contribution is -0.170. The van der Waals surface area contributed by atoms with Gasteiger partial charge in [0.2, 0.25) is 0 Å². The summed E-state index contributed by atoms with van der Waals surface area (Å²) in [5.41, 5.74) is -2.95. The van der Waals surface area contributed by atoms with Gasteiger partial charge < -0.3 is 25.2 Å². The fourth-order valence-corrected chi connectivity index (χ4v) is 2.29. The SMILES string of the molecule is CN1CC[C@H]1COc1ccc(C(F)F)nc1.O=C(O)CC(O)(CC(=O)O)C(=O)O. The maximum Gasteiger partial charge on any atom is 0.336 e. The number of ether oxygens (including phenoxy) is 1. The molecular formula is C17H22F2N2O8. The largest absolute Gasteiger partial charge is 0.490 e. The molecule has 0 saturated carbocycles. The Kier molecular flexibility index (Phi) is 8.85. The normalized spacial score (nSPS) is 16.4. The van der Waals surface area contributed by atoms with Crippen LogP contribution < -0.4 is 4.74 Å². The van der Waals surface area contributed by atoms with E-state index in [4.69, 9.17) is 25.2 Å². The van der Waals surface area contributed by atoms with Gasteiger partial charge in [-0.05, 0) is 32.1 Å². The summed E-state index contributed by atoms with van der Waals surface area (Å²) in [5, 5.41) is 33.8. The summed E-state index contributed by atoms with van der Waals surface area (Å²) in [6, 6.07) is 3.27. The van der Waals surface area contributed by atoms with Crippen molar-refractivity contribution >= 4 is 17.9 Å². The van der Waals surface area contributed by atoms with E-state index in [0.29, 0.717) is 18.4 Å². The number of nitrogens with zero attached hydrogens (tertiary/aromatic N) is 2. The zero-order valence-corrected chi connectivity index (χ0v) is 15.5. The third-order valence-corrected chi connectivity index (χ3v) is 4.15. The molecule has 1 aliphatic rings. The molecule has 12 heteroatoms. The Bertz CT molecular complexity index is 698. The lowest BCUT2D eigenvalue weighted by atomic mass is 9.96. The van der Waals surface area contributed by atoms with E-state index in [1.165, 1.54) is 18.3 Å². The van der Waals surface area contributed by atoms with Crippen LogP contribution in [0.3, 0.4) is 0 Å². The van der Waals surface area contributed by atoms with Crippen LogP contribution in [0, 0.1) is 0 Å². The van der Waals surface area contributed by atoms with E-state index in [1.54, 1.807) is 0 Å². The second-order valence-corrected chi connectivity index (χ2v) is 6.43. The van der Waals surface area contributed by atoms with E-state index in [2.05, 4.69) is 9.88 Å². The summed E-state index contributed by atoms with van der Waals surface area (Å²) in [6.45, 7) is 1.68. The molecule has 2 heterocycles. The van der Waals surface area contributed by atoms with Crippen molar-refractivity contribution in [3.63, 3.8) is 0 Å². The Labute approximate surface area is 164 Å². The molecule has 29 heavy (non-hydrogen) atoms. The number of likely N-dealkylation sites (N-methyl/N-ethyl adjacent to an activating group) is 1. The highest BCUT2D eigenvalue weighted by Crippen LogP contribution is 2.20. The summed E-state index contributed by atoms with van der Waals surface area (Å²) in [4.78, 5) is 36.3. The topological polar surface area (TPSA) is 157 Å². The minimum absolute atomic E-state index is 0.215. The number of rotatable bonds is 9. The molecule has 1 aromatic rings. The number of aliphatic hydroxyl groups is 1. The molecule has 10 nitrogen and oxygen atoms in total. The van der Waals surface area contributed by atoms with Gasteiger partial charge >= 0.3 is 17.9 Å². The quantitative estimate of drug-likeness (QED) is 0.451. The van der Waals surface area contributed by atoms with E-state index in [-0.39, 0.29) is 5.69 Å². The van der Waals surface area contributed by atoms with Gasteiger partial charge in [-0.2, -0.15) is 0 Å². The summed E-state index contributed by atoms with van der Waals surface area (Å²) in [6.07, 6.45) is -2.34. The predicted octanol–water partition coefficient (Wildman–Crippen LogP) is 0.854. The third kappa shape index (κ3) is 7.95. The zero-order chi connectivity index (χ0) is 22.2. The number of hydrogen-bond donors (Lipinski definition) is 4. The van der Waals surface area contributed by atoms with Crippen molar-refractivity contribution < 1.29 is 48.3 Å². The molecule has 0 aromatic carbocycles. The first-order valence-corrected chi connectivity index (χ1v) is 8.41. The molecule has 0 bridgehead atoms. The van der Waals surface area contributed by atoms with Crippen LogP contribution in [0.25, 0.3) is 0 Å². The van der Waals surface area contributed by atoms with Crippen LogP contribution in [0.4, 0.5) is 8.78 Å². The predicted molar refractivity (Wildman–Crippen MR) is 92.8 cm³/mol. The van der Waals surface area contributed by atoms with Gasteiger partial charge in [0.25, 0.3) is 6.43 Å². The first-order valence-electron chi connectivity index (χ1n) is 8.41. The highest BCUT2D eigenvalue weighted by Gasteiger charge is 2.40. The Morgan fingerprint density at radius 2 is 1.83 bits per heavy atom. The Hall–Kier alpha value is -2.86. The van der Waals surface area contributed by atoms with Gasteiger partial charge in [0.1, 0.15) is 18.1 Å². The standard InChI is InChI=1S/C11H14F2N2O.C6H8O7/c1-15-5-4-8(15)7-16-9-2-3-10(11(12)13)14-6-9;7-3(8)1-6(13,5(11)12)2-4(9)10/h2-3,6,8,11H,4-5,7H2,1H3;13H,1-2H2,(H,7,8)(H,9,10)(H,11,12)/t8-;/m0./s1. The maximum atomic E-state index is 12.2. The van der Waals surface area contributed by atoms with E-state index in [1.807, 2.05) is 7.05 Å². The monoisotopic (exact) mass is 420 g/mol. The van der Waals surface area contributed by atoms with Gasteiger partial charge in [0, 0.05) is 6.04 Å². The smallest absolute Gasteiger partial charge is 0.336 e. The number of halogens is 2. The summed E-state index contributed by atoms with van der Waals surface area (Å²) >= 11 is 0. The fourth-order valence-electron chi connectivity index (χ4n) is 2.29. The third-order valence-electron chi connectivity index (χ3n) is 4.15. The molecular weight excluding hydrogens is 398 g/mol. The van der Waals surface area contributed by atoms with Crippen LogP contribution in [-0.4, -0.2) is 80.1 Å². The van der Waals surface area contributed by atoms with Crippen LogP contribution in [0.1, 0.15) is 31.4 Å². The first kappa shape index (κ1) is 24.2. The van der Waals surface area contributed by atoms with Gasteiger partial charge in [-0.3, -0.25) is 19.5 Å². The highest BCUT2D eigenvalue weighted by molar-refractivity contribution is 5.88. The maximum absolute atomic E-state index is 12.2. The number of likely N-dealkylation sites (tertiary alicyclic amines) is 1. The average Bonchev–Trinajstić information content (AvgIpc) is 2.60. The molecule has 1 saturated heterocycles. The lowest BCUT2D eigenvalue weighted by Gasteiger charge is -2.37. The van der Waals surface area contributed by atoms with Gasteiger partial charge in [0.15, 0.2) is 5.60 Å². The van der Waals surface area contributed by atoms with Crippen LogP contribution in [0.15, 0.2) is 18.3 Å². The average molecular weight is 420 g/mol. The fraction of sp³-hybridized carbons (Fsp3) is 0.529. The number of carboxylic acids is 3. The zero-order valence-electron chi connectivity index (χ0n) is 15.5. The molecule has 4 N–H and O–H groups in total. The minimum atomic E-state index is -2.74. The molecule has 1 aliphatic heterocycles. The van der Waals surface area contributed by atoms with Gasteiger partial charge in [0.05, 0.1) is 19.0 Å². The van der Waals surface area contributed by atoms with Crippen LogP contribution in [0.2, 0.25) is 0 Å². The number of alkyl halides is 2. The molecule has 0 amide bonds. The molecule has 1 aromatic heterocycles. The number of carboxylic acid groups (broad SMARTS) is 3. The molecule has 0 spiro atoms. The van der Waals surface area contributed by atoms with Crippen LogP contribution in [0.5, 0.6) is 5.75 Å². The molecule has 1 fully saturated rings. The van der Waals surface area contributed by atoms with Crippen molar-refractivity contribution in [3.05, 3.63) is 24.0 Å². The Morgan fingerprint density at radius 1 is 1.24 bits per heavy atom. The van der Waals surface area contributed by atoms with Gasteiger partial charge in [-0.25, -0.2) is 13.6 Å². The number of aromatic nitrogens is 1. The van der Waals surface area contributed by atoms with E-state index >= 15 is 0 Å². The summed E-state index contributed by atoms with van der Waals surface area (Å²) < 4.78 is 29.9. The summed E-state index contributed by atoms with van der Waals surface area (Å²) in [7, 11) is 2.04. The van der Waals surface area contributed by atoms with E-state index in [0.717, 1.165) is 13.0 Å². The number of pyridine rings is 1. The van der Waals surface area contributed by atoms with E-state index in [9.17, 15) is 23.2 Å². The number of hydrogen-bond acceptors (Lipinski definition) is 7. The van der Waals surface area contributed by atoms with Crippen molar-refractivity contribution in [2.75, 3.05) is 20.2 Å². The summed E-state index contributed by atoms with van der Waals surface area (Å²) in [5.74, 6) is -4.47. The Balaban J connectivity index is 0.000000298. The van der Waals surface area contributed by atoms with Crippen molar-refractivity contribution in [3.8, 4) is 5.75 Å². The highest BCUT2D eigenvalue weighted by atomic mass is 19.3. The molecule has 0 unspecified atom stereocenters. The van der Waals surface area contributed by atoms with Crippen LogP contribution in [-0.2, 0) is 14.4 Å². The lowest BCUT2D eigenvalue weighted by Crippen LogP contribution is -2.48. The van der Waals surface area contributed by atoms with Gasteiger partial charge in [-0.1, -0.05) is 0 Å². The van der Waals surface area contributed by atoms with Gasteiger partial charge in [-0.15, -0.1) is 0 Å². The number of aliphatic carboxylic acids is 3. The molecule has 0 aliphatic carbocycles. The molecule has 2 rings (SSSR count). The molecule has 1 atom stereocenters. The van der Waals surface area contributed by atoms with E-state index < -0.39 is 42.8 Å². The van der Waals surface area contributed by atoms with Crippen molar-refractivity contribution in [2.24, 2.45) is 0 Å². The van der Waals surface area contributed by atoms with Crippen molar-refractivity contribution in [1.29, 1.82) is 0 Å². The van der Waals surface area contributed by atoms with Crippen molar-refractivity contribution in [2.45, 2.75) is 37.3 Å². The Morgan fingerprint density at radius 3 is 2.14 bits per heavy atom. The first-order chi connectivity index (χ1) is 13.4. The molecule has 162 valence electrons.